The van der Waals surface area contributed by atoms with Gasteiger partial charge in [0.15, 0.2) is 6.73 Å². The van der Waals surface area contributed by atoms with Crippen molar-refractivity contribution in [3.63, 3.8) is 0 Å². The highest BCUT2D eigenvalue weighted by molar-refractivity contribution is 6.35. The van der Waals surface area contributed by atoms with Crippen LogP contribution in [0.5, 0.6) is 5.75 Å². The average Bonchev–Trinajstić information content (AvgIpc) is 2.59. The number of hydrogen-bond acceptors (Lipinski definition) is 2. The Morgan fingerprint density at radius 3 is 2.12 bits per heavy atom. The van der Waals surface area contributed by atoms with Crippen LogP contribution in [0.3, 0.4) is 0 Å². The number of carbonyl (C=O) groups is 1. The number of rotatable bonds is 4. The van der Waals surface area contributed by atoms with Crippen LogP contribution in [0.1, 0.15) is 70.6 Å². The van der Waals surface area contributed by atoms with Gasteiger partial charge in [-0.15, -0.1) is 0 Å². The van der Waals surface area contributed by atoms with Crippen LogP contribution in [0, 0.1) is 0 Å². The molecular weight excluding hydrogens is 371 g/mol. The Kier molecular flexibility index (Phi) is 10.0. The van der Waals surface area contributed by atoms with E-state index in [0.29, 0.717) is 15.8 Å². The van der Waals surface area contributed by atoms with Crippen LogP contribution in [0.2, 0.25) is 10.0 Å². The second-order valence-corrected chi connectivity index (χ2v) is 7.81. The van der Waals surface area contributed by atoms with Crippen molar-refractivity contribution < 1.29 is 9.53 Å². The summed E-state index contributed by atoms with van der Waals surface area (Å²) < 4.78 is 5.50. The van der Waals surface area contributed by atoms with Crippen LogP contribution in [-0.2, 0) is 0 Å². The van der Waals surface area contributed by atoms with Crippen LogP contribution >= 0.6 is 23.2 Å². The van der Waals surface area contributed by atoms with Crippen molar-refractivity contribution in [1.29, 1.82) is 0 Å². The van der Waals surface area contributed by atoms with Crippen molar-refractivity contribution in [1.82, 2.24) is 10.6 Å². The Labute approximate surface area is 167 Å². The maximum absolute atomic E-state index is 12.2. The van der Waals surface area contributed by atoms with E-state index < -0.39 is 0 Å². The molecule has 0 atom stereocenters. The molecule has 0 heterocycles. The smallest absolute Gasteiger partial charge is 0.317 e. The van der Waals surface area contributed by atoms with E-state index in [4.69, 9.17) is 27.9 Å². The lowest BCUT2D eigenvalue weighted by molar-refractivity contribution is 0.218. The van der Waals surface area contributed by atoms with E-state index in [2.05, 4.69) is 10.6 Å². The SMILES string of the molecule is O=C(NCOc1ccc(Cl)cc1Cl)NC1CCCCCCCCCCC1. The zero-order valence-corrected chi connectivity index (χ0v) is 16.9. The zero-order chi connectivity index (χ0) is 18.6. The maximum atomic E-state index is 12.2. The van der Waals surface area contributed by atoms with Gasteiger partial charge in [0.1, 0.15) is 5.75 Å². The van der Waals surface area contributed by atoms with Gasteiger partial charge in [0.05, 0.1) is 5.02 Å². The minimum Gasteiger partial charge on any atom is -0.472 e. The average molecular weight is 401 g/mol. The molecule has 26 heavy (non-hydrogen) atoms. The number of amides is 2. The predicted octanol–water partition coefficient (Wildman–Crippen LogP) is 6.30. The summed E-state index contributed by atoms with van der Waals surface area (Å²) in [5, 5.41) is 6.82. The summed E-state index contributed by atoms with van der Waals surface area (Å²) in [6.07, 6.45) is 13.7. The first-order chi connectivity index (χ1) is 12.6. The van der Waals surface area contributed by atoms with Crippen molar-refractivity contribution in [2.75, 3.05) is 6.73 Å². The summed E-state index contributed by atoms with van der Waals surface area (Å²) in [7, 11) is 0. The van der Waals surface area contributed by atoms with Gasteiger partial charge in [-0.2, -0.15) is 0 Å². The Morgan fingerprint density at radius 2 is 1.54 bits per heavy atom. The highest BCUT2D eigenvalue weighted by atomic mass is 35.5. The van der Waals surface area contributed by atoms with Crippen LogP contribution in [0.4, 0.5) is 4.79 Å². The third-order valence-corrected chi connectivity index (χ3v) is 5.33. The lowest BCUT2D eigenvalue weighted by Gasteiger charge is -2.20. The van der Waals surface area contributed by atoms with Crippen molar-refractivity contribution >= 4 is 29.2 Å². The summed E-state index contributed by atoms with van der Waals surface area (Å²) in [6.45, 7) is 0.0694. The molecule has 1 aromatic carbocycles. The van der Waals surface area contributed by atoms with E-state index in [1.54, 1.807) is 18.2 Å². The molecule has 146 valence electrons. The molecule has 1 fully saturated rings. The summed E-state index contributed by atoms with van der Waals surface area (Å²) in [5.41, 5.74) is 0. The van der Waals surface area contributed by atoms with Gasteiger partial charge >= 0.3 is 6.03 Å². The first-order valence-corrected chi connectivity index (χ1v) is 10.5. The number of urea groups is 1. The van der Waals surface area contributed by atoms with Gasteiger partial charge in [-0.25, -0.2) is 4.79 Å². The normalized spacial score (nSPS) is 17.6. The van der Waals surface area contributed by atoms with Crippen molar-refractivity contribution in [3.8, 4) is 5.75 Å². The third-order valence-electron chi connectivity index (χ3n) is 4.79. The molecule has 0 aliphatic heterocycles. The van der Waals surface area contributed by atoms with E-state index in [-0.39, 0.29) is 18.8 Å². The molecule has 1 aliphatic rings. The molecule has 1 saturated carbocycles. The van der Waals surface area contributed by atoms with E-state index in [1.807, 2.05) is 0 Å². The fraction of sp³-hybridized carbons (Fsp3) is 0.650. The molecule has 0 radical (unpaired) electrons. The van der Waals surface area contributed by atoms with Crippen LogP contribution in [0.25, 0.3) is 0 Å². The third kappa shape index (κ3) is 8.50. The molecule has 0 bridgehead atoms. The number of ether oxygens (including phenoxy) is 1. The highest BCUT2D eigenvalue weighted by Crippen LogP contribution is 2.27. The fourth-order valence-corrected chi connectivity index (χ4v) is 3.78. The van der Waals surface area contributed by atoms with E-state index in [1.165, 1.54) is 57.8 Å². The lowest BCUT2D eigenvalue weighted by atomic mass is 9.98. The maximum Gasteiger partial charge on any atom is 0.317 e. The molecule has 0 aromatic heterocycles. The summed E-state index contributed by atoms with van der Waals surface area (Å²) >= 11 is 11.9. The first-order valence-electron chi connectivity index (χ1n) is 9.77. The molecule has 0 unspecified atom stereocenters. The van der Waals surface area contributed by atoms with Crippen molar-refractivity contribution in [3.05, 3.63) is 28.2 Å². The van der Waals surface area contributed by atoms with Gasteiger partial charge in [0.25, 0.3) is 0 Å². The topological polar surface area (TPSA) is 50.4 Å². The quantitative estimate of drug-likeness (QED) is 0.582. The minimum absolute atomic E-state index is 0.0694. The molecule has 1 aromatic rings. The van der Waals surface area contributed by atoms with Crippen LogP contribution in [-0.4, -0.2) is 18.8 Å². The molecule has 1 aliphatic carbocycles. The Balaban J connectivity index is 1.71. The van der Waals surface area contributed by atoms with Crippen LogP contribution < -0.4 is 15.4 Å². The van der Waals surface area contributed by atoms with E-state index in [9.17, 15) is 4.79 Å². The van der Waals surface area contributed by atoms with Gasteiger partial charge in [0.2, 0.25) is 0 Å². The van der Waals surface area contributed by atoms with Gasteiger partial charge in [-0.3, -0.25) is 0 Å². The molecular formula is C20H30Cl2N2O2. The van der Waals surface area contributed by atoms with Gasteiger partial charge in [-0.05, 0) is 31.0 Å². The minimum atomic E-state index is -0.188. The number of nitrogens with one attached hydrogen (secondary N) is 2. The molecule has 0 saturated heterocycles. The zero-order valence-electron chi connectivity index (χ0n) is 15.4. The standard InChI is InChI=1S/C20H30Cl2N2O2/c21-16-12-13-19(18(22)14-16)26-15-23-20(25)24-17-10-8-6-4-2-1-3-5-7-9-11-17/h12-14,17H,1-11,15H2,(H2,23,24,25). The molecule has 6 heteroatoms. The summed E-state index contributed by atoms with van der Waals surface area (Å²) in [5.74, 6) is 0.502. The highest BCUT2D eigenvalue weighted by Gasteiger charge is 2.12. The Hall–Kier alpha value is -1.13. The summed E-state index contributed by atoms with van der Waals surface area (Å²) in [4.78, 5) is 12.2. The summed E-state index contributed by atoms with van der Waals surface area (Å²) in [6, 6.07) is 5.06. The number of benzene rings is 1. The molecule has 0 spiro atoms. The number of halogens is 2. The number of hydrogen-bond donors (Lipinski definition) is 2. The largest absolute Gasteiger partial charge is 0.472 e. The van der Waals surface area contributed by atoms with Gasteiger partial charge < -0.3 is 15.4 Å². The number of carbonyl (C=O) groups excluding carboxylic acids is 1. The molecule has 2 amide bonds. The van der Waals surface area contributed by atoms with Crippen LogP contribution in [0.15, 0.2) is 18.2 Å². The van der Waals surface area contributed by atoms with Crippen molar-refractivity contribution in [2.24, 2.45) is 0 Å². The second-order valence-electron chi connectivity index (χ2n) is 6.97. The van der Waals surface area contributed by atoms with Gasteiger partial charge in [-0.1, -0.05) is 81.0 Å². The van der Waals surface area contributed by atoms with Crippen molar-refractivity contribution in [2.45, 2.75) is 76.7 Å². The monoisotopic (exact) mass is 400 g/mol. The second kappa shape index (κ2) is 12.3. The molecule has 2 rings (SSSR count). The Morgan fingerprint density at radius 1 is 0.962 bits per heavy atom. The van der Waals surface area contributed by atoms with E-state index >= 15 is 0 Å². The predicted molar refractivity (Wildman–Crippen MR) is 108 cm³/mol. The van der Waals surface area contributed by atoms with E-state index in [0.717, 1.165) is 12.8 Å². The lowest BCUT2D eigenvalue weighted by Crippen LogP contribution is -2.43. The van der Waals surface area contributed by atoms with Gasteiger partial charge in [0, 0.05) is 11.1 Å². The molecule has 4 nitrogen and oxygen atoms in total. The Bertz CT molecular complexity index is 543. The fourth-order valence-electron chi connectivity index (χ4n) is 3.32. The first kappa shape index (κ1) is 21.2. The molecule has 2 N–H and O–H groups in total.